The summed E-state index contributed by atoms with van der Waals surface area (Å²) in [6.45, 7) is 4.23. The molecule has 1 aliphatic rings. The molecule has 0 aliphatic carbocycles. The van der Waals surface area contributed by atoms with Gasteiger partial charge in [-0.25, -0.2) is 9.78 Å². The van der Waals surface area contributed by atoms with Gasteiger partial charge >= 0.3 is 5.97 Å². The van der Waals surface area contributed by atoms with E-state index in [1.54, 1.807) is 11.3 Å². The number of thiazole rings is 1. The van der Waals surface area contributed by atoms with Crippen LogP contribution in [0.4, 0.5) is 0 Å². The van der Waals surface area contributed by atoms with E-state index >= 15 is 0 Å². The summed E-state index contributed by atoms with van der Waals surface area (Å²) in [5.74, 6) is -0.951. The summed E-state index contributed by atoms with van der Waals surface area (Å²) in [5.41, 5.74) is 0.709. The molecule has 0 saturated carbocycles. The number of hydrogen-bond donors (Lipinski definition) is 1. The van der Waals surface area contributed by atoms with E-state index in [1.165, 1.54) is 6.08 Å². The molecule has 2 heterocycles. The Kier molecular flexibility index (Phi) is 4.24. The van der Waals surface area contributed by atoms with Crippen LogP contribution in [0.1, 0.15) is 10.7 Å². The molecule has 0 amide bonds. The number of rotatable bonds is 4. The molecule has 17 heavy (non-hydrogen) atoms. The average molecular weight is 254 g/mol. The SMILES string of the molecule is O=C(O)/C=C/c1csc(CN2CCOCC2)n1. The third kappa shape index (κ3) is 3.92. The van der Waals surface area contributed by atoms with E-state index in [2.05, 4.69) is 9.88 Å². The predicted octanol–water partition coefficient (Wildman–Crippen LogP) is 1.07. The molecule has 92 valence electrons. The van der Waals surface area contributed by atoms with Gasteiger partial charge in [-0.1, -0.05) is 0 Å². The minimum Gasteiger partial charge on any atom is -0.478 e. The highest BCUT2D eigenvalue weighted by atomic mass is 32.1. The van der Waals surface area contributed by atoms with E-state index in [0.717, 1.165) is 43.9 Å². The molecule has 1 aliphatic heterocycles. The maximum absolute atomic E-state index is 10.4. The number of aliphatic carboxylic acids is 1. The van der Waals surface area contributed by atoms with Gasteiger partial charge in [0, 0.05) is 24.5 Å². The van der Waals surface area contributed by atoms with Crippen LogP contribution in [0.2, 0.25) is 0 Å². The molecule has 0 radical (unpaired) electrons. The summed E-state index contributed by atoms with van der Waals surface area (Å²) >= 11 is 1.56. The van der Waals surface area contributed by atoms with E-state index in [0.29, 0.717) is 5.69 Å². The zero-order valence-electron chi connectivity index (χ0n) is 9.33. The van der Waals surface area contributed by atoms with Crippen molar-refractivity contribution in [1.29, 1.82) is 0 Å². The molecule has 1 aromatic heterocycles. The lowest BCUT2D eigenvalue weighted by atomic mass is 10.4. The monoisotopic (exact) mass is 254 g/mol. The first-order chi connectivity index (χ1) is 8.24. The van der Waals surface area contributed by atoms with Crippen molar-refractivity contribution in [3.8, 4) is 0 Å². The van der Waals surface area contributed by atoms with Crippen molar-refractivity contribution < 1.29 is 14.6 Å². The van der Waals surface area contributed by atoms with E-state index in [-0.39, 0.29) is 0 Å². The van der Waals surface area contributed by atoms with Gasteiger partial charge in [-0.3, -0.25) is 4.90 Å². The zero-order valence-corrected chi connectivity index (χ0v) is 10.2. The second kappa shape index (κ2) is 5.90. The molecule has 2 rings (SSSR count). The summed E-state index contributed by atoms with van der Waals surface area (Å²) < 4.78 is 5.27. The Labute approximate surface area is 103 Å². The van der Waals surface area contributed by atoms with Crippen LogP contribution in [-0.4, -0.2) is 47.3 Å². The summed E-state index contributed by atoms with van der Waals surface area (Å²) in [7, 11) is 0. The molecule has 1 fully saturated rings. The third-order valence-corrected chi connectivity index (χ3v) is 3.28. The number of hydrogen-bond acceptors (Lipinski definition) is 5. The van der Waals surface area contributed by atoms with Gasteiger partial charge in [0.25, 0.3) is 0 Å². The Bertz CT molecular complexity index is 411. The molecule has 0 unspecified atom stereocenters. The molecular formula is C11H14N2O3S. The average Bonchev–Trinajstić information content (AvgIpc) is 2.75. The first kappa shape index (κ1) is 12.2. The first-order valence-corrected chi connectivity index (χ1v) is 6.27. The van der Waals surface area contributed by atoms with Crippen LogP contribution >= 0.6 is 11.3 Å². The molecule has 1 saturated heterocycles. The van der Waals surface area contributed by atoms with Crippen LogP contribution in [0.15, 0.2) is 11.5 Å². The van der Waals surface area contributed by atoms with Crippen molar-refractivity contribution in [2.24, 2.45) is 0 Å². The Morgan fingerprint density at radius 1 is 1.59 bits per heavy atom. The van der Waals surface area contributed by atoms with Crippen molar-refractivity contribution in [2.75, 3.05) is 26.3 Å². The van der Waals surface area contributed by atoms with Crippen molar-refractivity contribution in [2.45, 2.75) is 6.54 Å². The number of nitrogens with zero attached hydrogens (tertiary/aromatic N) is 2. The largest absolute Gasteiger partial charge is 0.478 e. The minimum absolute atomic E-state index is 0.709. The van der Waals surface area contributed by atoms with E-state index < -0.39 is 5.97 Å². The predicted molar refractivity (Wildman–Crippen MR) is 64.9 cm³/mol. The fourth-order valence-electron chi connectivity index (χ4n) is 1.58. The number of ether oxygens (including phenoxy) is 1. The number of aromatic nitrogens is 1. The van der Waals surface area contributed by atoms with Gasteiger partial charge in [0.15, 0.2) is 0 Å². The van der Waals surface area contributed by atoms with Crippen LogP contribution in [0.25, 0.3) is 6.08 Å². The fraction of sp³-hybridized carbons (Fsp3) is 0.455. The van der Waals surface area contributed by atoms with Crippen LogP contribution in [-0.2, 0) is 16.1 Å². The normalized spacial score (nSPS) is 17.6. The van der Waals surface area contributed by atoms with Crippen LogP contribution in [0.3, 0.4) is 0 Å². The second-order valence-corrected chi connectivity index (χ2v) is 4.67. The van der Waals surface area contributed by atoms with Crippen LogP contribution < -0.4 is 0 Å². The molecule has 0 atom stereocenters. The molecule has 1 N–H and O–H groups in total. The minimum atomic E-state index is -0.951. The van der Waals surface area contributed by atoms with Crippen LogP contribution in [0, 0.1) is 0 Å². The summed E-state index contributed by atoms with van der Waals surface area (Å²) in [6, 6.07) is 0. The molecule has 6 heteroatoms. The summed E-state index contributed by atoms with van der Waals surface area (Å²) in [5, 5.41) is 11.4. The Morgan fingerprint density at radius 2 is 2.35 bits per heavy atom. The topological polar surface area (TPSA) is 62.7 Å². The molecular weight excluding hydrogens is 240 g/mol. The van der Waals surface area contributed by atoms with Crippen molar-refractivity contribution in [3.63, 3.8) is 0 Å². The van der Waals surface area contributed by atoms with E-state index in [1.807, 2.05) is 5.38 Å². The highest BCUT2D eigenvalue weighted by Crippen LogP contribution is 2.14. The number of morpholine rings is 1. The lowest BCUT2D eigenvalue weighted by Gasteiger charge is -2.25. The van der Waals surface area contributed by atoms with Gasteiger partial charge < -0.3 is 9.84 Å². The van der Waals surface area contributed by atoms with E-state index in [9.17, 15) is 4.79 Å². The first-order valence-electron chi connectivity index (χ1n) is 5.39. The number of carboxylic acid groups (broad SMARTS) is 1. The van der Waals surface area contributed by atoms with E-state index in [4.69, 9.17) is 9.84 Å². The molecule has 1 aromatic rings. The fourth-order valence-corrected chi connectivity index (χ4v) is 2.38. The van der Waals surface area contributed by atoms with Gasteiger partial charge in [0.1, 0.15) is 5.01 Å². The Balaban J connectivity index is 1.91. The van der Waals surface area contributed by atoms with Crippen molar-refractivity contribution >= 4 is 23.4 Å². The zero-order chi connectivity index (χ0) is 12.1. The smallest absolute Gasteiger partial charge is 0.328 e. The standard InChI is InChI=1S/C11H14N2O3S/c14-11(15)2-1-9-8-17-10(12-9)7-13-3-5-16-6-4-13/h1-2,8H,3-7H2,(H,14,15)/b2-1+. The molecule has 0 aromatic carbocycles. The lowest BCUT2D eigenvalue weighted by Crippen LogP contribution is -2.35. The molecule has 0 bridgehead atoms. The number of carboxylic acids is 1. The maximum Gasteiger partial charge on any atom is 0.328 e. The maximum atomic E-state index is 10.4. The summed E-state index contributed by atoms with van der Waals surface area (Å²) in [4.78, 5) is 17.0. The van der Waals surface area contributed by atoms with Crippen LogP contribution in [0.5, 0.6) is 0 Å². The highest BCUT2D eigenvalue weighted by Gasteiger charge is 2.12. The number of carbonyl (C=O) groups is 1. The van der Waals surface area contributed by atoms with Gasteiger partial charge in [-0.2, -0.15) is 0 Å². The quantitative estimate of drug-likeness (QED) is 0.814. The van der Waals surface area contributed by atoms with Crippen molar-refractivity contribution in [1.82, 2.24) is 9.88 Å². The third-order valence-electron chi connectivity index (χ3n) is 2.43. The van der Waals surface area contributed by atoms with Gasteiger partial charge in [0.2, 0.25) is 0 Å². The van der Waals surface area contributed by atoms with Crippen molar-refractivity contribution in [3.05, 3.63) is 22.2 Å². The highest BCUT2D eigenvalue weighted by molar-refractivity contribution is 7.09. The molecule has 5 nitrogen and oxygen atoms in total. The lowest BCUT2D eigenvalue weighted by molar-refractivity contribution is -0.131. The van der Waals surface area contributed by atoms with Gasteiger partial charge in [-0.15, -0.1) is 11.3 Å². The molecule has 0 spiro atoms. The second-order valence-electron chi connectivity index (χ2n) is 3.73. The Hall–Kier alpha value is -1.24. The van der Waals surface area contributed by atoms with Gasteiger partial charge in [0.05, 0.1) is 25.5 Å². The van der Waals surface area contributed by atoms with Gasteiger partial charge in [-0.05, 0) is 6.08 Å². The summed E-state index contributed by atoms with van der Waals surface area (Å²) in [6.07, 6.45) is 2.62. The Morgan fingerprint density at radius 3 is 3.06 bits per heavy atom.